The van der Waals surface area contributed by atoms with Gasteiger partial charge in [-0.3, -0.25) is 10.1 Å². The lowest BCUT2D eigenvalue weighted by molar-refractivity contribution is 0.0687. The van der Waals surface area contributed by atoms with Gasteiger partial charge in [0.25, 0.3) is 5.91 Å². The van der Waals surface area contributed by atoms with Gasteiger partial charge in [-0.1, -0.05) is 39.8 Å². The Morgan fingerprint density at radius 1 is 1.14 bits per heavy atom. The largest absolute Gasteiger partial charge is 0.508 e. The second kappa shape index (κ2) is 12.5. The number of phenols is 1. The van der Waals surface area contributed by atoms with Gasteiger partial charge in [-0.25, -0.2) is 4.79 Å². The third kappa shape index (κ3) is 8.20. The molecule has 0 saturated carbocycles. The number of aromatic hydroxyl groups is 1. The number of hydrogen-bond acceptors (Lipinski definition) is 6. The van der Waals surface area contributed by atoms with Crippen molar-refractivity contribution in [3.63, 3.8) is 0 Å². The number of urea groups is 1. The fraction of sp³-hybridized carbons (Fsp3) is 0.538. The van der Waals surface area contributed by atoms with Crippen molar-refractivity contribution in [1.82, 2.24) is 25.7 Å². The van der Waals surface area contributed by atoms with Crippen molar-refractivity contribution in [3.05, 3.63) is 47.2 Å². The quantitative estimate of drug-likeness (QED) is 0.436. The molecule has 3 amide bonds. The topological polar surface area (TPSA) is 119 Å². The minimum atomic E-state index is -0.374. The number of anilines is 1. The molecule has 0 unspecified atom stereocenters. The summed E-state index contributed by atoms with van der Waals surface area (Å²) in [4.78, 5) is 27.5. The highest BCUT2D eigenvalue weighted by atomic mass is 16.3. The fourth-order valence-corrected chi connectivity index (χ4v) is 4.27. The fourth-order valence-electron chi connectivity index (χ4n) is 4.27. The number of carbonyl (C=O) groups excluding carboxylic acids is 2. The standard InChI is InChI=1S/C26H38N6O3/c1-17(2)13-20-15-23(25(34)32-12-11-27-21(16-32)14-18(3)4)30-31-24(20)29-26(35)28-10-9-19-5-7-22(33)8-6-19/h5-8,15,17-18,21,27,33H,9-14,16H2,1-4H3,(H2,28,29,31,35)/t21-/m0/s1. The summed E-state index contributed by atoms with van der Waals surface area (Å²) in [5.74, 6) is 1.33. The molecule has 1 atom stereocenters. The highest BCUT2D eigenvalue weighted by Crippen LogP contribution is 2.19. The number of carbonyl (C=O) groups is 2. The monoisotopic (exact) mass is 482 g/mol. The predicted octanol–water partition coefficient (Wildman–Crippen LogP) is 3.21. The summed E-state index contributed by atoms with van der Waals surface area (Å²) in [6.07, 6.45) is 2.31. The van der Waals surface area contributed by atoms with Gasteiger partial charge >= 0.3 is 6.03 Å². The number of benzene rings is 1. The summed E-state index contributed by atoms with van der Waals surface area (Å²) in [5.41, 5.74) is 2.11. The number of rotatable bonds is 9. The van der Waals surface area contributed by atoms with Crippen LogP contribution in [0.15, 0.2) is 30.3 Å². The van der Waals surface area contributed by atoms with Crippen molar-refractivity contribution in [1.29, 1.82) is 0 Å². The molecule has 0 aliphatic carbocycles. The number of amides is 3. The first-order chi connectivity index (χ1) is 16.7. The Kier molecular flexibility index (Phi) is 9.42. The van der Waals surface area contributed by atoms with Crippen LogP contribution in [0.3, 0.4) is 0 Å². The highest BCUT2D eigenvalue weighted by molar-refractivity contribution is 5.93. The molecule has 9 heteroatoms. The average molecular weight is 483 g/mol. The van der Waals surface area contributed by atoms with Crippen LogP contribution in [0.25, 0.3) is 0 Å². The summed E-state index contributed by atoms with van der Waals surface area (Å²) in [7, 11) is 0. The van der Waals surface area contributed by atoms with E-state index in [1.165, 1.54) is 0 Å². The van der Waals surface area contributed by atoms with Crippen LogP contribution >= 0.6 is 0 Å². The molecule has 9 nitrogen and oxygen atoms in total. The lowest BCUT2D eigenvalue weighted by atomic mass is 10.0. The maximum absolute atomic E-state index is 13.2. The van der Waals surface area contributed by atoms with E-state index in [9.17, 15) is 14.7 Å². The van der Waals surface area contributed by atoms with E-state index in [2.05, 4.69) is 53.8 Å². The molecular weight excluding hydrogens is 444 g/mol. The van der Waals surface area contributed by atoms with E-state index in [-0.39, 0.29) is 23.7 Å². The van der Waals surface area contributed by atoms with E-state index in [0.29, 0.717) is 55.8 Å². The first-order valence-electron chi connectivity index (χ1n) is 12.4. The molecular formula is C26H38N6O3. The van der Waals surface area contributed by atoms with Crippen LogP contribution in [0.1, 0.15) is 55.7 Å². The molecule has 1 saturated heterocycles. The van der Waals surface area contributed by atoms with E-state index >= 15 is 0 Å². The van der Waals surface area contributed by atoms with Crippen molar-refractivity contribution >= 4 is 17.8 Å². The Balaban J connectivity index is 1.63. The van der Waals surface area contributed by atoms with Gasteiger partial charge in [0, 0.05) is 32.2 Å². The normalized spacial score (nSPS) is 15.9. The van der Waals surface area contributed by atoms with Crippen molar-refractivity contribution in [2.45, 2.75) is 53.0 Å². The van der Waals surface area contributed by atoms with Crippen LogP contribution in [-0.2, 0) is 12.8 Å². The van der Waals surface area contributed by atoms with Crippen molar-refractivity contribution in [2.24, 2.45) is 11.8 Å². The van der Waals surface area contributed by atoms with E-state index in [1.807, 2.05) is 17.0 Å². The lowest BCUT2D eigenvalue weighted by Crippen LogP contribution is -2.53. The number of phenolic OH excluding ortho intramolecular Hbond substituents is 1. The van der Waals surface area contributed by atoms with Crippen LogP contribution in [0.4, 0.5) is 10.6 Å². The molecule has 2 aromatic rings. The van der Waals surface area contributed by atoms with E-state index in [0.717, 1.165) is 24.1 Å². The van der Waals surface area contributed by atoms with Crippen LogP contribution in [0.2, 0.25) is 0 Å². The first-order valence-corrected chi connectivity index (χ1v) is 12.4. The van der Waals surface area contributed by atoms with Crippen LogP contribution in [-0.4, -0.2) is 64.4 Å². The Morgan fingerprint density at radius 2 is 1.89 bits per heavy atom. The van der Waals surface area contributed by atoms with Gasteiger partial charge in [-0.2, -0.15) is 0 Å². The first kappa shape index (κ1) is 26.4. The van der Waals surface area contributed by atoms with Gasteiger partial charge in [0.05, 0.1) is 0 Å². The summed E-state index contributed by atoms with van der Waals surface area (Å²) in [6, 6.07) is 8.55. The van der Waals surface area contributed by atoms with E-state index < -0.39 is 0 Å². The minimum Gasteiger partial charge on any atom is -0.508 e. The second-order valence-electron chi connectivity index (χ2n) is 10.0. The summed E-state index contributed by atoms with van der Waals surface area (Å²) in [5, 5.41) is 26.9. The molecule has 0 bridgehead atoms. The molecule has 190 valence electrons. The number of nitrogens with one attached hydrogen (secondary N) is 3. The van der Waals surface area contributed by atoms with E-state index in [4.69, 9.17) is 0 Å². The Morgan fingerprint density at radius 3 is 2.57 bits per heavy atom. The molecule has 1 fully saturated rings. The Labute approximate surface area is 207 Å². The average Bonchev–Trinajstić information content (AvgIpc) is 2.80. The third-order valence-corrected chi connectivity index (χ3v) is 5.89. The van der Waals surface area contributed by atoms with Gasteiger partial charge in [0.1, 0.15) is 5.75 Å². The van der Waals surface area contributed by atoms with Gasteiger partial charge < -0.3 is 20.6 Å². The minimum absolute atomic E-state index is 0.123. The molecule has 0 spiro atoms. The van der Waals surface area contributed by atoms with Gasteiger partial charge in [-0.05, 0) is 60.4 Å². The van der Waals surface area contributed by atoms with Crippen molar-refractivity contribution in [3.8, 4) is 5.75 Å². The van der Waals surface area contributed by atoms with Crippen LogP contribution < -0.4 is 16.0 Å². The molecule has 1 aliphatic heterocycles. The predicted molar refractivity (Wildman–Crippen MR) is 137 cm³/mol. The summed E-state index contributed by atoms with van der Waals surface area (Å²) in [6.45, 7) is 11.0. The number of piperazine rings is 1. The number of nitrogens with zero attached hydrogens (tertiary/aromatic N) is 3. The smallest absolute Gasteiger partial charge is 0.320 e. The molecule has 3 rings (SSSR count). The van der Waals surface area contributed by atoms with Gasteiger partial charge in [-0.15, -0.1) is 10.2 Å². The third-order valence-electron chi connectivity index (χ3n) is 5.89. The summed E-state index contributed by atoms with van der Waals surface area (Å²) < 4.78 is 0. The molecule has 1 aliphatic rings. The molecule has 1 aromatic heterocycles. The zero-order valence-corrected chi connectivity index (χ0v) is 21.2. The lowest BCUT2D eigenvalue weighted by Gasteiger charge is -2.34. The van der Waals surface area contributed by atoms with Crippen molar-refractivity contribution < 1.29 is 14.7 Å². The van der Waals surface area contributed by atoms with Crippen molar-refractivity contribution in [2.75, 3.05) is 31.5 Å². The maximum atomic E-state index is 13.2. The molecule has 0 radical (unpaired) electrons. The molecule has 35 heavy (non-hydrogen) atoms. The number of aromatic nitrogens is 2. The van der Waals surface area contributed by atoms with Gasteiger partial charge in [0.2, 0.25) is 0 Å². The molecule has 4 N–H and O–H groups in total. The second-order valence-corrected chi connectivity index (χ2v) is 10.0. The van der Waals surface area contributed by atoms with Gasteiger partial charge in [0.15, 0.2) is 11.5 Å². The number of hydrogen-bond donors (Lipinski definition) is 4. The zero-order valence-electron chi connectivity index (χ0n) is 21.2. The molecule has 2 heterocycles. The van der Waals surface area contributed by atoms with Crippen LogP contribution in [0.5, 0.6) is 5.75 Å². The van der Waals surface area contributed by atoms with Crippen LogP contribution in [0, 0.1) is 11.8 Å². The Hall–Kier alpha value is -3.20. The Bertz CT molecular complexity index is 993. The van der Waals surface area contributed by atoms with E-state index in [1.54, 1.807) is 18.2 Å². The summed E-state index contributed by atoms with van der Waals surface area (Å²) >= 11 is 0. The maximum Gasteiger partial charge on any atom is 0.320 e. The highest BCUT2D eigenvalue weighted by Gasteiger charge is 2.26. The SMILES string of the molecule is CC(C)Cc1cc(C(=O)N2CCN[C@@H](CC(C)C)C2)nnc1NC(=O)NCCc1ccc(O)cc1. The molecule has 1 aromatic carbocycles. The zero-order chi connectivity index (χ0) is 25.4.